The summed E-state index contributed by atoms with van der Waals surface area (Å²) in [5.41, 5.74) is -0.147. The highest BCUT2D eigenvalue weighted by molar-refractivity contribution is 5.72. The molecule has 0 aromatic heterocycles. The van der Waals surface area contributed by atoms with E-state index in [9.17, 15) is 18.0 Å². The third kappa shape index (κ3) is 2.64. The van der Waals surface area contributed by atoms with Crippen LogP contribution in [0.5, 0.6) is 0 Å². The minimum Gasteiger partial charge on any atom is -0.479 e. The van der Waals surface area contributed by atoms with Gasteiger partial charge in [0.25, 0.3) is 0 Å². The standard InChI is InChI=1S/C12H11F3O3/c13-12(14,15)8-3-1-7(2-4-8)9-5-6-10(18-9)11(16)17/h1-4,9-10H,5-6H2,(H,16,17)/t9-,10-/m1/s1. The predicted octanol–water partition coefficient (Wildman–Crippen LogP) is 3.01. The third-order valence-corrected chi connectivity index (χ3v) is 2.90. The number of rotatable bonds is 2. The van der Waals surface area contributed by atoms with Crippen LogP contribution in [0.4, 0.5) is 13.2 Å². The summed E-state index contributed by atoms with van der Waals surface area (Å²) in [6.45, 7) is 0. The zero-order valence-corrected chi connectivity index (χ0v) is 9.28. The van der Waals surface area contributed by atoms with Crippen LogP contribution in [0.1, 0.15) is 30.1 Å². The fourth-order valence-corrected chi connectivity index (χ4v) is 1.95. The van der Waals surface area contributed by atoms with Gasteiger partial charge in [-0.05, 0) is 30.5 Å². The molecule has 1 aliphatic rings. The highest BCUT2D eigenvalue weighted by Gasteiger charge is 2.33. The Labute approximate surface area is 101 Å². The summed E-state index contributed by atoms with van der Waals surface area (Å²) in [6, 6.07) is 4.62. The van der Waals surface area contributed by atoms with Gasteiger partial charge < -0.3 is 9.84 Å². The lowest BCUT2D eigenvalue weighted by Crippen LogP contribution is -2.18. The van der Waals surface area contributed by atoms with Crippen molar-refractivity contribution in [2.24, 2.45) is 0 Å². The third-order valence-electron chi connectivity index (χ3n) is 2.90. The molecule has 2 atom stereocenters. The van der Waals surface area contributed by atoms with Crippen molar-refractivity contribution in [2.75, 3.05) is 0 Å². The van der Waals surface area contributed by atoms with E-state index in [-0.39, 0.29) is 0 Å². The fraction of sp³-hybridized carbons (Fsp3) is 0.417. The van der Waals surface area contributed by atoms with Crippen molar-refractivity contribution in [2.45, 2.75) is 31.2 Å². The van der Waals surface area contributed by atoms with Crippen molar-refractivity contribution in [3.05, 3.63) is 35.4 Å². The minimum absolute atomic E-state index is 0.376. The quantitative estimate of drug-likeness (QED) is 0.889. The number of hydrogen-bond acceptors (Lipinski definition) is 2. The van der Waals surface area contributed by atoms with Crippen molar-refractivity contribution in [1.29, 1.82) is 0 Å². The van der Waals surface area contributed by atoms with E-state index in [0.717, 1.165) is 12.1 Å². The molecule has 0 radical (unpaired) electrons. The molecule has 0 aliphatic carbocycles. The number of carbonyl (C=O) groups is 1. The topological polar surface area (TPSA) is 46.5 Å². The second kappa shape index (κ2) is 4.61. The Bertz CT molecular complexity index is 439. The number of carboxylic acid groups (broad SMARTS) is 1. The summed E-state index contributed by atoms with van der Waals surface area (Å²) in [5, 5.41) is 8.75. The lowest BCUT2D eigenvalue weighted by atomic mass is 10.0. The average Bonchev–Trinajstić information content (AvgIpc) is 2.77. The molecule has 1 saturated heterocycles. The number of aliphatic carboxylic acids is 1. The molecule has 0 amide bonds. The lowest BCUT2D eigenvalue weighted by molar-refractivity contribution is -0.149. The summed E-state index contributed by atoms with van der Waals surface area (Å²) in [6.07, 6.45) is -4.78. The Morgan fingerprint density at radius 2 is 1.83 bits per heavy atom. The first-order chi connectivity index (χ1) is 8.38. The average molecular weight is 260 g/mol. The van der Waals surface area contributed by atoms with E-state index >= 15 is 0 Å². The lowest BCUT2D eigenvalue weighted by Gasteiger charge is -2.13. The number of alkyl halides is 3. The van der Waals surface area contributed by atoms with E-state index in [1.165, 1.54) is 12.1 Å². The number of carboxylic acids is 1. The zero-order valence-electron chi connectivity index (χ0n) is 9.28. The van der Waals surface area contributed by atoms with Gasteiger partial charge in [0.05, 0.1) is 11.7 Å². The maximum absolute atomic E-state index is 12.4. The van der Waals surface area contributed by atoms with Crippen LogP contribution in [0.2, 0.25) is 0 Å². The first-order valence-electron chi connectivity index (χ1n) is 5.43. The maximum Gasteiger partial charge on any atom is 0.416 e. The second-order valence-electron chi connectivity index (χ2n) is 4.15. The van der Waals surface area contributed by atoms with E-state index in [1.807, 2.05) is 0 Å². The predicted molar refractivity (Wildman–Crippen MR) is 55.9 cm³/mol. The Morgan fingerprint density at radius 1 is 1.22 bits per heavy atom. The number of hydrogen-bond donors (Lipinski definition) is 1. The molecule has 1 aliphatic heterocycles. The van der Waals surface area contributed by atoms with Crippen molar-refractivity contribution in [3.8, 4) is 0 Å². The van der Waals surface area contributed by atoms with E-state index in [4.69, 9.17) is 9.84 Å². The highest BCUT2D eigenvalue weighted by Crippen LogP contribution is 2.35. The van der Waals surface area contributed by atoms with E-state index in [1.54, 1.807) is 0 Å². The molecule has 0 spiro atoms. The molecule has 1 aromatic carbocycles. The Morgan fingerprint density at radius 3 is 2.28 bits per heavy atom. The van der Waals surface area contributed by atoms with Gasteiger partial charge in [0.2, 0.25) is 0 Å². The SMILES string of the molecule is O=C(O)[C@H]1CC[C@H](c2ccc(C(F)(F)F)cc2)O1. The van der Waals surface area contributed by atoms with Crippen LogP contribution in [-0.2, 0) is 15.7 Å². The molecule has 1 aromatic rings. The van der Waals surface area contributed by atoms with E-state index in [2.05, 4.69) is 0 Å². The van der Waals surface area contributed by atoms with Crippen LogP contribution in [0.15, 0.2) is 24.3 Å². The molecule has 0 unspecified atom stereocenters. The van der Waals surface area contributed by atoms with Crippen molar-refractivity contribution < 1.29 is 27.8 Å². The van der Waals surface area contributed by atoms with E-state index < -0.39 is 29.9 Å². The zero-order chi connectivity index (χ0) is 13.3. The summed E-state index contributed by atoms with van der Waals surface area (Å²) < 4.78 is 42.3. The van der Waals surface area contributed by atoms with Crippen molar-refractivity contribution in [3.63, 3.8) is 0 Å². The first kappa shape index (κ1) is 12.9. The molecular weight excluding hydrogens is 249 g/mol. The second-order valence-corrected chi connectivity index (χ2v) is 4.15. The molecule has 18 heavy (non-hydrogen) atoms. The van der Waals surface area contributed by atoms with Crippen LogP contribution in [-0.4, -0.2) is 17.2 Å². The Balaban J connectivity index is 2.10. The first-order valence-corrected chi connectivity index (χ1v) is 5.43. The molecule has 3 nitrogen and oxygen atoms in total. The summed E-state index contributed by atoms with van der Waals surface area (Å²) >= 11 is 0. The van der Waals surface area contributed by atoms with Gasteiger partial charge in [-0.1, -0.05) is 12.1 Å². The molecular formula is C12H11F3O3. The molecule has 6 heteroatoms. The minimum atomic E-state index is -4.36. The molecule has 98 valence electrons. The van der Waals surface area contributed by atoms with Crippen LogP contribution in [0.3, 0.4) is 0 Å². The van der Waals surface area contributed by atoms with E-state index in [0.29, 0.717) is 18.4 Å². The van der Waals surface area contributed by atoms with Gasteiger partial charge in [-0.3, -0.25) is 0 Å². The van der Waals surface area contributed by atoms with Gasteiger partial charge >= 0.3 is 12.1 Å². The van der Waals surface area contributed by atoms with Gasteiger partial charge in [0.15, 0.2) is 6.10 Å². The Hall–Kier alpha value is -1.56. The molecule has 2 rings (SSSR count). The van der Waals surface area contributed by atoms with Gasteiger partial charge in [-0.25, -0.2) is 4.79 Å². The Kier molecular flexibility index (Phi) is 3.30. The van der Waals surface area contributed by atoms with Gasteiger partial charge in [0, 0.05) is 0 Å². The monoisotopic (exact) mass is 260 g/mol. The van der Waals surface area contributed by atoms with Gasteiger partial charge in [-0.15, -0.1) is 0 Å². The van der Waals surface area contributed by atoms with Crippen molar-refractivity contribution in [1.82, 2.24) is 0 Å². The summed E-state index contributed by atoms with van der Waals surface area (Å²) in [7, 11) is 0. The normalized spacial score (nSPS) is 24.2. The van der Waals surface area contributed by atoms with Crippen molar-refractivity contribution >= 4 is 5.97 Å². The molecule has 0 saturated carbocycles. The number of benzene rings is 1. The molecule has 0 bridgehead atoms. The van der Waals surface area contributed by atoms with Crippen LogP contribution in [0, 0.1) is 0 Å². The molecule has 1 fully saturated rings. The molecule has 1 N–H and O–H groups in total. The highest BCUT2D eigenvalue weighted by atomic mass is 19.4. The largest absolute Gasteiger partial charge is 0.479 e. The number of halogens is 3. The van der Waals surface area contributed by atoms with Crippen LogP contribution >= 0.6 is 0 Å². The van der Waals surface area contributed by atoms with Gasteiger partial charge in [0.1, 0.15) is 0 Å². The maximum atomic E-state index is 12.4. The fourth-order valence-electron chi connectivity index (χ4n) is 1.95. The summed E-state index contributed by atoms with van der Waals surface area (Å²) in [4.78, 5) is 10.7. The smallest absolute Gasteiger partial charge is 0.416 e. The number of ether oxygens (including phenoxy) is 1. The van der Waals surface area contributed by atoms with Crippen LogP contribution < -0.4 is 0 Å². The summed E-state index contributed by atoms with van der Waals surface area (Å²) in [5.74, 6) is -1.04. The van der Waals surface area contributed by atoms with Crippen LogP contribution in [0.25, 0.3) is 0 Å². The molecule has 1 heterocycles. The van der Waals surface area contributed by atoms with Gasteiger partial charge in [-0.2, -0.15) is 13.2 Å².